The van der Waals surface area contributed by atoms with Crippen LogP contribution < -0.4 is 5.32 Å². The maximum absolute atomic E-state index is 4.48. The van der Waals surface area contributed by atoms with E-state index in [0.29, 0.717) is 5.92 Å². The number of hydrogen-bond donors (Lipinski definition) is 1. The molecule has 2 unspecified atom stereocenters. The molecule has 1 aromatic rings. The van der Waals surface area contributed by atoms with Crippen LogP contribution in [0.1, 0.15) is 17.9 Å². The first-order valence-electron chi connectivity index (χ1n) is 5.28. The van der Waals surface area contributed by atoms with Gasteiger partial charge in [0, 0.05) is 12.5 Å². The summed E-state index contributed by atoms with van der Waals surface area (Å²) in [5.41, 5.74) is 1.47. The van der Waals surface area contributed by atoms with E-state index in [1.165, 1.54) is 17.8 Å². The first kappa shape index (κ1) is 8.04. The molecular weight excluding hydrogens is 172 g/mol. The summed E-state index contributed by atoms with van der Waals surface area (Å²) in [6.07, 6.45) is 1.27. The van der Waals surface area contributed by atoms with Crippen LogP contribution in [0.15, 0.2) is 35.3 Å². The van der Waals surface area contributed by atoms with E-state index in [-0.39, 0.29) is 0 Å². The van der Waals surface area contributed by atoms with Crippen LogP contribution in [0.4, 0.5) is 0 Å². The monoisotopic (exact) mass is 186 g/mol. The highest BCUT2D eigenvalue weighted by atomic mass is 15.1. The Kier molecular flexibility index (Phi) is 1.79. The number of nitrogens with zero attached hydrogens (tertiary/aromatic N) is 1. The Morgan fingerprint density at radius 1 is 1.14 bits per heavy atom. The van der Waals surface area contributed by atoms with Crippen LogP contribution in [0.25, 0.3) is 0 Å². The van der Waals surface area contributed by atoms with Crippen molar-refractivity contribution in [3.63, 3.8) is 0 Å². The average Bonchev–Trinajstić information content (AvgIpc) is 2.87. The normalized spacial score (nSPS) is 29.6. The van der Waals surface area contributed by atoms with Gasteiger partial charge in [0.05, 0.1) is 6.54 Å². The third-order valence-electron chi connectivity index (χ3n) is 3.07. The Bertz CT molecular complexity index is 356. The van der Waals surface area contributed by atoms with Crippen molar-refractivity contribution in [3.05, 3.63) is 35.9 Å². The summed E-state index contributed by atoms with van der Waals surface area (Å²) in [5.74, 6) is 2.65. The molecule has 1 aromatic carbocycles. The van der Waals surface area contributed by atoms with Gasteiger partial charge < -0.3 is 5.32 Å². The molecule has 0 amide bonds. The minimum Gasteiger partial charge on any atom is -0.372 e. The summed E-state index contributed by atoms with van der Waals surface area (Å²) in [5, 5.41) is 3.37. The number of benzene rings is 1. The average molecular weight is 186 g/mol. The van der Waals surface area contributed by atoms with Gasteiger partial charge in [-0.1, -0.05) is 30.3 Å². The van der Waals surface area contributed by atoms with Crippen LogP contribution in [0, 0.1) is 5.92 Å². The molecule has 1 saturated carbocycles. The Labute approximate surface area is 84.1 Å². The maximum atomic E-state index is 4.48. The van der Waals surface area contributed by atoms with Crippen LogP contribution in [0.3, 0.4) is 0 Å². The summed E-state index contributed by atoms with van der Waals surface area (Å²) < 4.78 is 0. The SMILES string of the molecule is c1ccc(C2CC2C2=NCCN2)cc1. The predicted molar refractivity (Wildman–Crippen MR) is 57.6 cm³/mol. The second-order valence-electron chi connectivity index (χ2n) is 4.05. The van der Waals surface area contributed by atoms with E-state index in [2.05, 4.69) is 40.6 Å². The molecule has 72 valence electrons. The lowest BCUT2D eigenvalue weighted by molar-refractivity contribution is 0.933. The van der Waals surface area contributed by atoms with E-state index in [4.69, 9.17) is 0 Å². The molecule has 1 aliphatic carbocycles. The van der Waals surface area contributed by atoms with Gasteiger partial charge in [0.15, 0.2) is 0 Å². The van der Waals surface area contributed by atoms with Crippen molar-refractivity contribution in [2.45, 2.75) is 12.3 Å². The van der Waals surface area contributed by atoms with Crippen LogP contribution in [-0.4, -0.2) is 18.9 Å². The quantitative estimate of drug-likeness (QED) is 0.748. The van der Waals surface area contributed by atoms with Crippen molar-refractivity contribution in [1.29, 1.82) is 0 Å². The maximum Gasteiger partial charge on any atom is 0.100 e. The zero-order chi connectivity index (χ0) is 9.38. The van der Waals surface area contributed by atoms with Crippen LogP contribution in [0.2, 0.25) is 0 Å². The van der Waals surface area contributed by atoms with Gasteiger partial charge >= 0.3 is 0 Å². The van der Waals surface area contributed by atoms with Gasteiger partial charge in [0.1, 0.15) is 5.84 Å². The van der Waals surface area contributed by atoms with Gasteiger partial charge in [-0.15, -0.1) is 0 Å². The van der Waals surface area contributed by atoms with Gasteiger partial charge in [-0.05, 0) is 17.9 Å². The van der Waals surface area contributed by atoms with Crippen molar-refractivity contribution in [3.8, 4) is 0 Å². The molecule has 2 nitrogen and oxygen atoms in total. The largest absolute Gasteiger partial charge is 0.372 e. The summed E-state index contributed by atoms with van der Waals surface area (Å²) in [6.45, 7) is 2.00. The minimum atomic E-state index is 0.680. The summed E-state index contributed by atoms with van der Waals surface area (Å²) >= 11 is 0. The first-order valence-corrected chi connectivity index (χ1v) is 5.28. The fourth-order valence-electron chi connectivity index (χ4n) is 2.23. The third kappa shape index (κ3) is 1.31. The van der Waals surface area contributed by atoms with Gasteiger partial charge in [-0.2, -0.15) is 0 Å². The molecule has 2 heteroatoms. The molecule has 0 radical (unpaired) electrons. The molecule has 1 N–H and O–H groups in total. The molecule has 0 bridgehead atoms. The van der Waals surface area contributed by atoms with Crippen molar-refractivity contribution in [2.75, 3.05) is 13.1 Å². The summed E-state index contributed by atoms with van der Waals surface area (Å²) in [7, 11) is 0. The van der Waals surface area contributed by atoms with Crippen LogP contribution in [-0.2, 0) is 0 Å². The summed E-state index contributed by atoms with van der Waals surface area (Å²) in [6, 6.07) is 10.8. The second kappa shape index (κ2) is 3.12. The fourth-order valence-corrected chi connectivity index (χ4v) is 2.23. The number of rotatable bonds is 2. The lowest BCUT2D eigenvalue weighted by Crippen LogP contribution is -2.20. The van der Waals surface area contributed by atoms with Crippen molar-refractivity contribution in [2.24, 2.45) is 10.9 Å². The van der Waals surface area contributed by atoms with E-state index in [9.17, 15) is 0 Å². The molecule has 3 rings (SSSR count). The van der Waals surface area contributed by atoms with Gasteiger partial charge in [-0.25, -0.2) is 0 Å². The zero-order valence-corrected chi connectivity index (χ0v) is 8.11. The van der Waals surface area contributed by atoms with Crippen LogP contribution >= 0.6 is 0 Å². The first-order chi connectivity index (χ1) is 6.95. The van der Waals surface area contributed by atoms with Gasteiger partial charge in [0.25, 0.3) is 0 Å². The lowest BCUT2D eigenvalue weighted by atomic mass is 10.1. The van der Waals surface area contributed by atoms with E-state index < -0.39 is 0 Å². The van der Waals surface area contributed by atoms with Gasteiger partial charge in [0.2, 0.25) is 0 Å². The predicted octanol–water partition coefficient (Wildman–Crippen LogP) is 1.79. The van der Waals surface area contributed by atoms with E-state index in [1.807, 2.05) is 0 Å². The molecule has 1 fully saturated rings. The van der Waals surface area contributed by atoms with E-state index in [0.717, 1.165) is 19.0 Å². The number of nitrogens with one attached hydrogen (secondary N) is 1. The standard InChI is InChI=1S/C12H14N2/c1-2-4-9(5-3-1)10-8-11(10)12-13-6-7-14-12/h1-5,10-11H,6-8H2,(H,13,14). The van der Waals surface area contributed by atoms with Crippen molar-refractivity contribution < 1.29 is 0 Å². The second-order valence-corrected chi connectivity index (χ2v) is 4.05. The Balaban J connectivity index is 1.74. The topological polar surface area (TPSA) is 24.4 Å². The number of hydrogen-bond acceptors (Lipinski definition) is 2. The van der Waals surface area contributed by atoms with E-state index >= 15 is 0 Å². The lowest BCUT2D eigenvalue weighted by Gasteiger charge is -2.01. The minimum absolute atomic E-state index is 0.680. The molecule has 0 aromatic heterocycles. The molecular formula is C12H14N2. The Morgan fingerprint density at radius 3 is 2.71 bits per heavy atom. The van der Waals surface area contributed by atoms with E-state index in [1.54, 1.807) is 0 Å². The molecule has 1 aliphatic heterocycles. The highest BCUT2D eigenvalue weighted by molar-refractivity contribution is 5.89. The van der Waals surface area contributed by atoms with Gasteiger partial charge in [-0.3, -0.25) is 4.99 Å². The Hall–Kier alpha value is -1.31. The Morgan fingerprint density at radius 2 is 2.00 bits per heavy atom. The molecule has 0 spiro atoms. The molecule has 14 heavy (non-hydrogen) atoms. The molecule has 2 aliphatic rings. The highest BCUT2D eigenvalue weighted by Crippen LogP contribution is 2.48. The smallest absolute Gasteiger partial charge is 0.100 e. The third-order valence-corrected chi connectivity index (χ3v) is 3.07. The zero-order valence-electron chi connectivity index (χ0n) is 8.11. The summed E-state index contributed by atoms with van der Waals surface area (Å²) in [4.78, 5) is 4.48. The molecule has 1 heterocycles. The fraction of sp³-hybridized carbons (Fsp3) is 0.417. The number of amidine groups is 1. The molecule has 0 saturated heterocycles. The van der Waals surface area contributed by atoms with Crippen molar-refractivity contribution >= 4 is 5.84 Å². The molecule has 2 atom stereocenters. The highest BCUT2D eigenvalue weighted by Gasteiger charge is 2.42. The van der Waals surface area contributed by atoms with Crippen molar-refractivity contribution in [1.82, 2.24) is 5.32 Å². The number of aliphatic imine (C=N–C) groups is 1. The van der Waals surface area contributed by atoms with Crippen LogP contribution in [0.5, 0.6) is 0 Å².